The van der Waals surface area contributed by atoms with E-state index in [1.165, 1.54) is 0 Å². The zero-order chi connectivity index (χ0) is 15.3. The summed E-state index contributed by atoms with van der Waals surface area (Å²) in [7, 11) is 0. The van der Waals surface area contributed by atoms with Gasteiger partial charge in [-0.25, -0.2) is 0 Å². The molecule has 0 fully saturated rings. The Labute approximate surface area is 119 Å². The second-order valence-corrected chi connectivity index (χ2v) is 5.27. The summed E-state index contributed by atoms with van der Waals surface area (Å²) < 4.78 is 0. The normalized spacial score (nSPS) is 12.2. The van der Waals surface area contributed by atoms with Crippen LogP contribution in [0.25, 0.3) is 0 Å². The van der Waals surface area contributed by atoms with Crippen LogP contribution in [0.2, 0.25) is 0 Å². The number of rotatable bonds is 6. The molecule has 110 valence electrons. The van der Waals surface area contributed by atoms with E-state index in [1.54, 1.807) is 12.1 Å². The number of carbonyl (C=O) groups is 2. The zero-order valence-electron chi connectivity index (χ0n) is 12.5. The first-order valence-corrected chi connectivity index (χ1v) is 6.74. The first-order valence-electron chi connectivity index (χ1n) is 6.74. The van der Waals surface area contributed by atoms with Crippen molar-refractivity contribution in [2.75, 3.05) is 0 Å². The lowest BCUT2D eigenvalue weighted by Gasteiger charge is -2.17. The zero-order valence-corrected chi connectivity index (χ0v) is 12.5. The minimum absolute atomic E-state index is 0.0218. The summed E-state index contributed by atoms with van der Waals surface area (Å²) in [6.07, 6.45) is 0. The van der Waals surface area contributed by atoms with Gasteiger partial charge in [0.05, 0.1) is 6.04 Å². The van der Waals surface area contributed by atoms with Gasteiger partial charge in [-0.3, -0.25) is 9.59 Å². The fraction of sp³-hybridized carbons (Fsp3) is 0.467. The van der Waals surface area contributed by atoms with Crippen LogP contribution in [0.5, 0.6) is 0 Å². The van der Waals surface area contributed by atoms with Crippen LogP contribution in [-0.2, 0) is 11.3 Å². The lowest BCUT2D eigenvalue weighted by molar-refractivity contribution is -0.123. The standard InChI is InChI=1S/C15H23N3O2/c1-9(2)18-15(20)11(4)17-8-13-6-5-12(14(16)19)7-10(13)3/h5-7,9,11,17H,8H2,1-4H3,(H2,16,19)(H,18,20). The van der Waals surface area contributed by atoms with Gasteiger partial charge in [-0.1, -0.05) is 6.07 Å². The highest BCUT2D eigenvalue weighted by molar-refractivity contribution is 5.93. The molecule has 0 bridgehead atoms. The lowest BCUT2D eigenvalue weighted by atomic mass is 10.0. The van der Waals surface area contributed by atoms with Gasteiger partial charge in [0.1, 0.15) is 0 Å². The number of benzene rings is 1. The minimum Gasteiger partial charge on any atom is -0.366 e. The largest absolute Gasteiger partial charge is 0.366 e. The third-order valence-corrected chi connectivity index (χ3v) is 3.05. The Morgan fingerprint density at radius 3 is 2.40 bits per heavy atom. The third-order valence-electron chi connectivity index (χ3n) is 3.05. The predicted molar refractivity (Wildman–Crippen MR) is 79.3 cm³/mol. The second-order valence-electron chi connectivity index (χ2n) is 5.27. The number of nitrogens with one attached hydrogen (secondary N) is 2. The summed E-state index contributed by atoms with van der Waals surface area (Å²) in [6.45, 7) is 8.17. The van der Waals surface area contributed by atoms with Crippen molar-refractivity contribution in [1.29, 1.82) is 0 Å². The molecule has 5 nitrogen and oxygen atoms in total. The molecule has 1 rings (SSSR count). The molecule has 0 saturated heterocycles. The molecule has 1 atom stereocenters. The molecule has 0 heterocycles. The van der Waals surface area contributed by atoms with Gasteiger partial charge in [0.15, 0.2) is 0 Å². The molecule has 5 heteroatoms. The molecular formula is C15H23N3O2. The van der Waals surface area contributed by atoms with E-state index < -0.39 is 5.91 Å². The molecule has 0 radical (unpaired) electrons. The predicted octanol–water partition coefficient (Wildman–Crippen LogP) is 1.10. The highest BCUT2D eigenvalue weighted by Gasteiger charge is 2.13. The minimum atomic E-state index is -0.433. The molecule has 1 unspecified atom stereocenters. The van der Waals surface area contributed by atoms with Gasteiger partial charge in [0, 0.05) is 18.2 Å². The lowest BCUT2D eigenvalue weighted by Crippen LogP contribution is -2.44. The molecule has 0 spiro atoms. The topological polar surface area (TPSA) is 84.2 Å². The highest BCUT2D eigenvalue weighted by Crippen LogP contribution is 2.11. The molecule has 0 aromatic heterocycles. The van der Waals surface area contributed by atoms with Crippen LogP contribution in [0.3, 0.4) is 0 Å². The average molecular weight is 277 g/mol. The van der Waals surface area contributed by atoms with Gasteiger partial charge >= 0.3 is 0 Å². The molecule has 2 amide bonds. The Hall–Kier alpha value is -1.88. The molecule has 0 aliphatic heterocycles. The Bertz CT molecular complexity index is 498. The van der Waals surface area contributed by atoms with Gasteiger partial charge in [-0.2, -0.15) is 0 Å². The number of nitrogens with two attached hydrogens (primary N) is 1. The van der Waals surface area contributed by atoms with Crippen molar-refractivity contribution in [2.45, 2.75) is 46.3 Å². The smallest absolute Gasteiger partial charge is 0.248 e. The van der Waals surface area contributed by atoms with Crippen LogP contribution in [0, 0.1) is 6.92 Å². The summed E-state index contributed by atoms with van der Waals surface area (Å²) in [5.74, 6) is -0.455. The van der Waals surface area contributed by atoms with E-state index in [9.17, 15) is 9.59 Å². The molecule has 0 aliphatic carbocycles. The summed E-state index contributed by atoms with van der Waals surface area (Å²) in [5.41, 5.74) is 7.75. The number of primary amides is 1. The van der Waals surface area contributed by atoms with Gasteiger partial charge in [0.2, 0.25) is 11.8 Å². The van der Waals surface area contributed by atoms with Crippen molar-refractivity contribution in [3.05, 3.63) is 34.9 Å². The first-order chi connectivity index (χ1) is 9.31. The van der Waals surface area contributed by atoms with E-state index >= 15 is 0 Å². The summed E-state index contributed by atoms with van der Waals surface area (Å²) >= 11 is 0. The number of hydrogen-bond donors (Lipinski definition) is 3. The van der Waals surface area contributed by atoms with Crippen LogP contribution in [0.4, 0.5) is 0 Å². The van der Waals surface area contributed by atoms with Gasteiger partial charge in [0.25, 0.3) is 0 Å². The third kappa shape index (κ3) is 4.66. The van der Waals surface area contributed by atoms with Crippen LogP contribution < -0.4 is 16.4 Å². The Morgan fingerprint density at radius 1 is 1.25 bits per heavy atom. The van der Waals surface area contributed by atoms with Crippen LogP contribution in [0.1, 0.15) is 42.3 Å². The van der Waals surface area contributed by atoms with Crippen molar-refractivity contribution < 1.29 is 9.59 Å². The molecule has 4 N–H and O–H groups in total. The van der Waals surface area contributed by atoms with Gasteiger partial charge in [-0.05, 0) is 51.0 Å². The summed E-state index contributed by atoms with van der Waals surface area (Å²) in [6, 6.07) is 5.18. The molecule has 1 aromatic rings. The summed E-state index contributed by atoms with van der Waals surface area (Å²) in [5, 5.41) is 6.02. The molecule has 0 aliphatic rings. The van der Waals surface area contributed by atoms with Crippen molar-refractivity contribution in [2.24, 2.45) is 5.73 Å². The van der Waals surface area contributed by atoms with Crippen LogP contribution in [-0.4, -0.2) is 23.9 Å². The average Bonchev–Trinajstić information content (AvgIpc) is 2.35. The summed E-state index contributed by atoms with van der Waals surface area (Å²) in [4.78, 5) is 22.8. The van der Waals surface area contributed by atoms with Gasteiger partial charge < -0.3 is 16.4 Å². The molecule has 0 saturated carbocycles. The van der Waals surface area contributed by atoms with Crippen molar-refractivity contribution in [3.63, 3.8) is 0 Å². The van der Waals surface area contributed by atoms with E-state index in [-0.39, 0.29) is 18.0 Å². The van der Waals surface area contributed by atoms with Crippen molar-refractivity contribution in [3.8, 4) is 0 Å². The quantitative estimate of drug-likeness (QED) is 0.728. The molecule has 1 aromatic carbocycles. The number of carbonyl (C=O) groups excluding carboxylic acids is 2. The Balaban J connectivity index is 2.62. The molecule has 20 heavy (non-hydrogen) atoms. The van der Waals surface area contributed by atoms with E-state index in [4.69, 9.17) is 5.73 Å². The monoisotopic (exact) mass is 277 g/mol. The maximum Gasteiger partial charge on any atom is 0.248 e. The SMILES string of the molecule is Cc1cc(C(N)=O)ccc1CNC(C)C(=O)NC(C)C. The number of aryl methyl sites for hydroxylation is 1. The van der Waals surface area contributed by atoms with Crippen LogP contribution in [0.15, 0.2) is 18.2 Å². The van der Waals surface area contributed by atoms with Crippen LogP contribution >= 0.6 is 0 Å². The van der Waals surface area contributed by atoms with E-state index in [1.807, 2.05) is 33.8 Å². The van der Waals surface area contributed by atoms with E-state index in [2.05, 4.69) is 10.6 Å². The maximum absolute atomic E-state index is 11.8. The van der Waals surface area contributed by atoms with Gasteiger partial charge in [-0.15, -0.1) is 0 Å². The highest BCUT2D eigenvalue weighted by atomic mass is 16.2. The van der Waals surface area contributed by atoms with Crippen molar-refractivity contribution in [1.82, 2.24) is 10.6 Å². The number of amides is 2. The fourth-order valence-electron chi connectivity index (χ4n) is 1.81. The van der Waals surface area contributed by atoms with Crippen molar-refractivity contribution >= 4 is 11.8 Å². The fourth-order valence-corrected chi connectivity index (χ4v) is 1.81. The Morgan fingerprint density at radius 2 is 1.90 bits per heavy atom. The Kier molecular flexibility index (Phi) is 5.70. The van der Waals surface area contributed by atoms with E-state index in [0.29, 0.717) is 12.1 Å². The molecular weight excluding hydrogens is 254 g/mol. The second kappa shape index (κ2) is 7.05. The van der Waals surface area contributed by atoms with E-state index in [0.717, 1.165) is 11.1 Å². The first kappa shape index (κ1) is 16.2. The maximum atomic E-state index is 11.8. The number of hydrogen-bond acceptors (Lipinski definition) is 3.